The number of anilines is 1. The first-order chi connectivity index (χ1) is 13.0. The van der Waals surface area contributed by atoms with Crippen molar-refractivity contribution in [3.05, 3.63) is 65.4 Å². The van der Waals surface area contributed by atoms with E-state index in [9.17, 15) is 14.7 Å². The van der Waals surface area contributed by atoms with Crippen molar-refractivity contribution in [3.63, 3.8) is 0 Å². The van der Waals surface area contributed by atoms with Gasteiger partial charge < -0.3 is 25.8 Å². The third-order valence-corrected chi connectivity index (χ3v) is 4.16. The molecule has 0 fully saturated rings. The zero-order valence-electron chi connectivity index (χ0n) is 15.1. The van der Waals surface area contributed by atoms with Gasteiger partial charge in [0, 0.05) is 11.4 Å². The summed E-state index contributed by atoms with van der Waals surface area (Å²) in [6.07, 6.45) is 0. The number of carbonyl (C=O) groups is 2. The lowest BCUT2D eigenvalue weighted by Gasteiger charge is -2.28. The number of rotatable bonds is 5. The van der Waals surface area contributed by atoms with Gasteiger partial charge in [0.05, 0.1) is 18.2 Å². The molecule has 27 heavy (non-hydrogen) atoms. The van der Waals surface area contributed by atoms with Gasteiger partial charge in [0.25, 0.3) is 5.91 Å². The number of allylic oxidation sites excluding steroid dienone is 1. The summed E-state index contributed by atoms with van der Waals surface area (Å²) in [6, 6.07) is 12.4. The van der Waals surface area contributed by atoms with E-state index in [1.165, 1.54) is 12.1 Å². The predicted octanol–water partition coefficient (Wildman–Crippen LogP) is 3.06. The number of ether oxygens (including phenoxy) is 1. The van der Waals surface area contributed by atoms with E-state index in [2.05, 4.69) is 16.0 Å². The Morgan fingerprint density at radius 2 is 1.81 bits per heavy atom. The lowest BCUT2D eigenvalue weighted by atomic mass is 9.94. The molecule has 1 aliphatic heterocycles. The van der Waals surface area contributed by atoms with Crippen LogP contribution in [0, 0.1) is 0 Å². The number of hydrogen-bond acceptors (Lipinski definition) is 4. The van der Waals surface area contributed by atoms with Crippen LogP contribution in [0.5, 0.6) is 11.5 Å². The van der Waals surface area contributed by atoms with Crippen LogP contribution in [0.2, 0.25) is 0 Å². The highest BCUT2D eigenvalue weighted by molar-refractivity contribution is 6.06. The Morgan fingerprint density at radius 1 is 1.15 bits per heavy atom. The molecule has 1 heterocycles. The first-order valence-electron chi connectivity index (χ1n) is 8.59. The Balaban J connectivity index is 1.86. The number of phenols is 1. The number of carbonyl (C=O) groups excluding carboxylic acids is 2. The molecule has 1 aliphatic rings. The molecule has 1 atom stereocenters. The molecule has 0 radical (unpaired) electrons. The number of benzene rings is 2. The molecular weight excluding hydrogens is 346 g/mol. The molecule has 0 saturated heterocycles. The second kappa shape index (κ2) is 7.82. The fourth-order valence-electron chi connectivity index (χ4n) is 2.91. The lowest BCUT2D eigenvalue weighted by molar-refractivity contribution is -0.113. The Labute approximate surface area is 157 Å². The summed E-state index contributed by atoms with van der Waals surface area (Å²) in [5.74, 6) is 0.502. The Bertz CT molecular complexity index is 873. The van der Waals surface area contributed by atoms with Gasteiger partial charge in [-0.05, 0) is 55.8 Å². The molecule has 0 aliphatic carbocycles. The minimum atomic E-state index is -0.623. The van der Waals surface area contributed by atoms with Crippen LogP contribution in [-0.2, 0) is 4.79 Å². The van der Waals surface area contributed by atoms with Gasteiger partial charge >= 0.3 is 6.03 Å². The molecular formula is C20H21N3O4. The molecule has 7 heteroatoms. The summed E-state index contributed by atoms with van der Waals surface area (Å²) in [5, 5.41) is 17.7. The van der Waals surface area contributed by atoms with Gasteiger partial charge in [0.2, 0.25) is 0 Å². The van der Waals surface area contributed by atoms with E-state index in [4.69, 9.17) is 4.74 Å². The van der Waals surface area contributed by atoms with Gasteiger partial charge in [-0.15, -0.1) is 0 Å². The molecule has 0 aromatic heterocycles. The van der Waals surface area contributed by atoms with Crippen molar-refractivity contribution < 1.29 is 19.4 Å². The van der Waals surface area contributed by atoms with Crippen molar-refractivity contribution in [1.82, 2.24) is 10.6 Å². The van der Waals surface area contributed by atoms with Gasteiger partial charge in [-0.3, -0.25) is 4.79 Å². The van der Waals surface area contributed by atoms with Crippen molar-refractivity contribution in [2.24, 2.45) is 0 Å². The van der Waals surface area contributed by atoms with Crippen LogP contribution in [0.1, 0.15) is 25.5 Å². The molecule has 0 saturated carbocycles. The topological polar surface area (TPSA) is 99.7 Å². The molecule has 3 rings (SSSR count). The van der Waals surface area contributed by atoms with E-state index in [0.29, 0.717) is 29.1 Å². The van der Waals surface area contributed by atoms with E-state index >= 15 is 0 Å². The molecule has 0 bridgehead atoms. The zero-order chi connectivity index (χ0) is 19.4. The van der Waals surface area contributed by atoms with Crippen LogP contribution in [0.15, 0.2) is 59.8 Å². The maximum atomic E-state index is 12.9. The summed E-state index contributed by atoms with van der Waals surface area (Å²) in [5.41, 5.74) is 2.18. The molecule has 2 aromatic rings. The maximum absolute atomic E-state index is 12.9. The second-order valence-corrected chi connectivity index (χ2v) is 6.07. The summed E-state index contributed by atoms with van der Waals surface area (Å²) >= 11 is 0. The van der Waals surface area contributed by atoms with Crippen LogP contribution in [0.25, 0.3) is 0 Å². The number of urea groups is 1. The van der Waals surface area contributed by atoms with Crippen LogP contribution >= 0.6 is 0 Å². The van der Waals surface area contributed by atoms with Crippen LogP contribution in [0.3, 0.4) is 0 Å². The Kier molecular flexibility index (Phi) is 5.30. The van der Waals surface area contributed by atoms with Crippen LogP contribution < -0.4 is 20.7 Å². The molecule has 0 unspecified atom stereocenters. The molecule has 140 valence electrons. The number of hydrogen-bond donors (Lipinski definition) is 4. The highest BCUT2D eigenvalue weighted by Gasteiger charge is 2.31. The molecule has 0 spiro atoms. The first kappa shape index (κ1) is 18.3. The molecule has 4 N–H and O–H groups in total. The smallest absolute Gasteiger partial charge is 0.319 e. The van der Waals surface area contributed by atoms with E-state index in [-0.39, 0.29) is 17.7 Å². The van der Waals surface area contributed by atoms with Gasteiger partial charge in [0.1, 0.15) is 11.5 Å². The van der Waals surface area contributed by atoms with Gasteiger partial charge in [0.15, 0.2) is 0 Å². The lowest BCUT2D eigenvalue weighted by Crippen LogP contribution is -2.45. The van der Waals surface area contributed by atoms with E-state index in [1.54, 1.807) is 43.3 Å². The number of aromatic hydroxyl groups is 1. The predicted molar refractivity (Wildman–Crippen MR) is 101 cm³/mol. The average molecular weight is 367 g/mol. The largest absolute Gasteiger partial charge is 0.508 e. The monoisotopic (exact) mass is 367 g/mol. The fraction of sp³-hybridized carbons (Fsp3) is 0.200. The van der Waals surface area contributed by atoms with Gasteiger partial charge in [-0.1, -0.05) is 12.1 Å². The van der Waals surface area contributed by atoms with Crippen LogP contribution in [0.4, 0.5) is 10.5 Å². The van der Waals surface area contributed by atoms with Crippen molar-refractivity contribution in [2.45, 2.75) is 19.9 Å². The van der Waals surface area contributed by atoms with E-state index in [0.717, 1.165) is 5.75 Å². The zero-order valence-corrected chi connectivity index (χ0v) is 15.1. The maximum Gasteiger partial charge on any atom is 0.319 e. The molecule has 2 aromatic carbocycles. The quantitative estimate of drug-likeness (QED) is 0.653. The number of nitrogens with one attached hydrogen (secondary N) is 3. The van der Waals surface area contributed by atoms with Crippen LogP contribution in [-0.4, -0.2) is 23.7 Å². The Morgan fingerprint density at radius 3 is 2.44 bits per heavy atom. The van der Waals surface area contributed by atoms with E-state index in [1.807, 2.05) is 6.92 Å². The normalized spacial score (nSPS) is 16.4. The SMILES string of the molecule is CCOc1ccc(NC(=O)C2=C(C)NC(=O)N[C@@H]2c2ccc(O)cc2)cc1. The summed E-state index contributed by atoms with van der Waals surface area (Å²) in [4.78, 5) is 24.8. The standard InChI is InChI=1S/C20H21N3O4/c1-3-27-16-10-6-14(7-11-16)22-19(25)17-12(2)21-20(26)23-18(17)13-4-8-15(24)9-5-13/h4-11,18,24H,3H2,1-2H3,(H,22,25)(H2,21,23,26)/t18-/m1/s1. The average Bonchev–Trinajstić information content (AvgIpc) is 2.63. The molecule has 7 nitrogen and oxygen atoms in total. The van der Waals surface area contributed by atoms with E-state index < -0.39 is 6.04 Å². The summed E-state index contributed by atoms with van der Waals surface area (Å²) in [6.45, 7) is 4.15. The molecule has 3 amide bonds. The number of amides is 3. The van der Waals surface area contributed by atoms with Crippen molar-refractivity contribution in [1.29, 1.82) is 0 Å². The number of phenolic OH excluding ortho intramolecular Hbond substituents is 1. The fourth-order valence-corrected chi connectivity index (χ4v) is 2.91. The summed E-state index contributed by atoms with van der Waals surface area (Å²) < 4.78 is 5.40. The third kappa shape index (κ3) is 4.20. The Hall–Kier alpha value is -3.48. The summed E-state index contributed by atoms with van der Waals surface area (Å²) in [7, 11) is 0. The highest BCUT2D eigenvalue weighted by atomic mass is 16.5. The van der Waals surface area contributed by atoms with Gasteiger partial charge in [-0.2, -0.15) is 0 Å². The minimum Gasteiger partial charge on any atom is -0.508 e. The van der Waals surface area contributed by atoms with Gasteiger partial charge in [-0.25, -0.2) is 4.79 Å². The minimum absolute atomic E-state index is 0.111. The highest BCUT2D eigenvalue weighted by Crippen LogP contribution is 2.29. The first-order valence-corrected chi connectivity index (χ1v) is 8.59. The van der Waals surface area contributed by atoms with Crippen molar-refractivity contribution >= 4 is 17.6 Å². The second-order valence-electron chi connectivity index (χ2n) is 6.07. The van der Waals surface area contributed by atoms with Crippen molar-refractivity contribution in [2.75, 3.05) is 11.9 Å². The van der Waals surface area contributed by atoms with Crippen molar-refractivity contribution in [3.8, 4) is 11.5 Å². The third-order valence-electron chi connectivity index (χ3n) is 4.16.